The molecule has 2 N–H and O–H groups in total. The van der Waals surface area contributed by atoms with E-state index in [1.54, 1.807) is 12.4 Å². The fourth-order valence-electron chi connectivity index (χ4n) is 0.359. The van der Waals surface area contributed by atoms with Crippen molar-refractivity contribution in [3.05, 3.63) is 18.5 Å². The number of hydroxylamine groups is 1. The van der Waals surface area contributed by atoms with Crippen LogP contribution in [0.4, 0.5) is 0 Å². The molecule has 1 heterocycles. The second-order valence-electron chi connectivity index (χ2n) is 1.56. The number of aromatic amines is 1. The molecule has 0 radical (unpaired) electrons. The first kappa shape index (κ1) is 9.64. The van der Waals surface area contributed by atoms with Gasteiger partial charge in [0.05, 0.1) is 0 Å². The smallest absolute Gasteiger partial charge is 0.321 e. The lowest BCUT2D eigenvalue weighted by Crippen LogP contribution is -2.10. The normalized spacial score (nSPS) is 7.82. The lowest BCUT2D eigenvalue weighted by molar-refractivity contribution is -0.147. The van der Waals surface area contributed by atoms with E-state index in [-0.39, 0.29) is 5.97 Å². The summed E-state index contributed by atoms with van der Waals surface area (Å²) in [4.78, 5) is 13.9. The molecule has 0 amide bonds. The maximum atomic E-state index is 9.76. The third-order valence-electron chi connectivity index (χ3n) is 0.652. The third kappa shape index (κ3) is 8.64. The van der Waals surface area contributed by atoms with Crippen LogP contribution in [0.1, 0.15) is 6.92 Å². The Hall–Kier alpha value is -1.36. The number of aromatic nitrogens is 2. The Bertz CT molecular complexity index is 157. The van der Waals surface area contributed by atoms with Gasteiger partial charge < -0.3 is 4.84 Å². The Morgan fingerprint density at radius 2 is 2.45 bits per heavy atom. The monoisotopic (exact) mass is 157 g/mol. The lowest BCUT2D eigenvalue weighted by Gasteiger charge is -1.90. The molecule has 62 valence electrons. The molecule has 0 aliphatic rings. The molecule has 11 heavy (non-hydrogen) atoms. The highest BCUT2D eigenvalue weighted by atomic mass is 16.7. The fraction of sp³-hybridized carbons (Fsp3) is 0.333. The number of hydrogen-bond donors (Lipinski definition) is 2. The predicted molar refractivity (Wildman–Crippen MR) is 39.4 cm³/mol. The SMILES string of the molecule is CNOC(C)=O.c1cn[nH]c1. The zero-order valence-corrected chi connectivity index (χ0v) is 6.50. The van der Waals surface area contributed by atoms with Gasteiger partial charge in [0.2, 0.25) is 0 Å². The van der Waals surface area contributed by atoms with E-state index in [4.69, 9.17) is 0 Å². The second-order valence-corrected chi connectivity index (χ2v) is 1.56. The third-order valence-corrected chi connectivity index (χ3v) is 0.652. The highest BCUT2D eigenvalue weighted by Gasteiger charge is 1.81. The molecule has 0 saturated heterocycles. The van der Waals surface area contributed by atoms with Crippen LogP contribution in [-0.4, -0.2) is 23.2 Å². The van der Waals surface area contributed by atoms with Gasteiger partial charge in [-0.25, -0.2) is 0 Å². The minimum atomic E-state index is -0.322. The summed E-state index contributed by atoms with van der Waals surface area (Å²) in [6.07, 6.45) is 3.46. The van der Waals surface area contributed by atoms with Crippen LogP contribution in [-0.2, 0) is 9.63 Å². The molecule has 0 spiro atoms. The Morgan fingerprint density at radius 1 is 1.73 bits per heavy atom. The van der Waals surface area contributed by atoms with Gasteiger partial charge in [-0.1, -0.05) is 0 Å². The molecule has 0 bridgehead atoms. The van der Waals surface area contributed by atoms with Crippen LogP contribution in [0, 0.1) is 0 Å². The summed E-state index contributed by atoms with van der Waals surface area (Å²) >= 11 is 0. The van der Waals surface area contributed by atoms with Gasteiger partial charge in [-0.15, -0.1) is 0 Å². The molecular weight excluding hydrogens is 146 g/mol. The van der Waals surface area contributed by atoms with Crippen molar-refractivity contribution in [2.75, 3.05) is 7.05 Å². The van der Waals surface area contributed by atoms with E-state index in [9.17, 15) is 4.79 Å². The summed E-state index contributed by atoms with van der Waals surface area (Å²) in [5.41, 5.74) is 2.22. The summed E-state index contributed by atoms with van der Waals surface area (Å²) < 4.78 is 0. The number of H-pyrrole nitrogens is 1. The van der Waals surface area contributed by atoms with E-state index >= 15 is 0 Å². The molecule has 0 unspecified atom stereocenters. The lowest BCUT2D eigenvalue weighted by atomic mass is 10.8. The first-order valence-corrected chi connectivity index (χ1v) is 3.05. The van der Waals surface area contributed by atoms with Crippen LogP contribution in [0.15, 0.2) is 18.5 Å². The van der Waals surface area contributed by atoms with E-state index in [0.717, 1.165) is 0 Å². The Labute approximate surface area is 64.7 Å². The summed E-state index contributed by atoms with van der Waals surface area (Å²) in [6, 6.07) is 1.83. The quantitative estimate of drug-likeness (QED) is 0.567. The average Bonchev–Trinajstić information content (AvgIpc) is 2.41. The van der Waals surface area contributed by atoms with E-state index in [2.05, 4.69) is 20.5 Å². The molecule has 5 nitrogen and oxygen atoms in total. The Morgan fingerprint density at radius 3 is 2.55 bits per heavy atom. The summed E-state index contributed by atoms with van der Waals surface area (Å²) in [7, 11) is 1.53. The standard InChI is InChI=1S/C3H4N2.C3H7NO2/c1-2-4-5-3-1;1-3(5)6-4-2/h1-3H,(H,4,5);4H,1-2H3. The van der Waals surface area contributed by atoms with Crippen LogP contribution in [0.2, 0.25) is 0 Å². The molecule has 0 atom stereocenters. The average molecular weight is 157 g/mol. The van der Waals surface area contributed by atoms with Gasteiger partial charge in [0.25, 0.3) is 0 Å². The van der Waals surface area contributed by atoms with E-state index < -0.39 is 0 Å². The van der Waals surface area contributed by atoms with Crippen molar-refractivity contribution in [1.29, 1.82) is 0 Å². The molecule has 0 aliphatic heterocycles. The number of nitrogens with zero attached hydrogens (tertiary/aromatic N) is 1. The van der Waals surface area contributed by atoms with Crippen molar-refractivity contribution in [3.8, 4) is 0 Å². The molecule has 1 aromatic heterocycles. The molecule has 0 fully saturated rings. The molecule has 1 aromatic rings. The fourth-order valence-corrected chi connectivity index (χ4v) is 0.359. The van der Waals surface area contributed by atoms with E-state index in [1.165, 1.54) is 14.0 Å². The Kier molecular flexibility index (Phi) is 5.92. The molecule has 0 saturated carbocycles. The van der Waals surface area contributed by atoms with Crippen LogP contribution < -0.4 is 5.48 Å². The predicted octanol–water partition coefficient (Wildman–Crippen LogP) is 0.0936. The minimum Gasteiger partial charge on any atom is -0.371 e. The van der Waals surface area contributed by atoms with Gasteiger partial charge in [-0.3, -0.25) is 9.89 Å². The van der Waals surface area contributed by atoms with Gasteiger partial charge in [-0.2, -0.15) is 10.6 Å². The summed E-state index contributed by atoms with van der Waals surface area (Å²) in [6.45, 7) is 1.33. The van der Waals surface area contributed by atoms with E-state index in [0.29, 0.717) is 0 Å². The number of carbonyl (C=O) groups excluding carboxylic acids is 1. The number of nitrogens with one attached hydrogen (secondary N) is 2. The van der Waals surface area contributed by atoms with Gasteiger partial charge >= 0.3 is 5.97 Å². The first-order chi connectivity index (χ1) is 5.27. The topological polar surface area (TPSA) is 67.0 Å². The summed E-state index contributed by atoms with van der Waals surface area (Å²) in [5, 5.41) is 6.21. The minimum absolute atomic E-state index is 0.322. The van der Waals surface area contributed by atoms with Gasteiger partial charge in [0, 0.05) is 26.4 Å². The van der Waals surface area contributed by atoms with Gasteiger partial charge in [0.1, 0.15) is 0 Å². The maximum absolute atomic E-state index is 9.76. The van der Waals surface area contributed by atoms with Crippen molar-refractivity contribution in [2.24, 2.45) is 0 Å². The number of rotatable bonds is 1. The molecule has 1 rings (SSSR count). The van der Waals surface area contributed by atoms with Crippen LogP contribution >= 0.6 is 0 Å². The van der Waals surface area contributed by atoms with Gasteiger partial charge in [0.15, 0.2) is 0 Å². The van der Waals surface area contributed by atoms with Crippen LogP contribution in [0.3, 0.4) is 0 Å². The van der Waals surface area contributed by atoms with Crippen molar-refractivity contribution >= 4 is 5.97 Å². The molecule has 5 heteroatoms. The zero-order chi connectivity index (χ0) is 8.53. The Balaban J connectivity index is 0.000000183. The highest BCUT2D eigenvalue weighted by Crippen LogP contribution is 1.64. The largest absolute Gasteiger partial charge is 0.371 e. The highest BCUT2D eigenvalue weighted by molar-refractivity contribution is 5.65. The first-order valence-electron chi connectivity index (χ1n) is 3.05. The maximum Gasteiger partial charge on any atom is 0.321 e. The molecule has 0 aliphatic carbocycles. The van der Waals surface area contributed by atoms with Crippen LogP contribution in [0.5, 0.6) is 0 Å². The molecular formula is C6H11N3O2. The number of carbonyl (C=O) groups is 1. The second kappa shape index (κ2) is 6.76. The molecule has 0 aromatic carbocycles. The van der Waals surface area contributed by atoms with Crippen molar-refractivity contribution in [3.63, 3.8) is 0 Å². The number of hydrogen-bond acceptors (Lipinski definition) is 4. The summed E-state index contributed by atoms with van der Waals surface area (Å²) in [5.74, 6) is -0.322. The van der Waals surface area contributed by atoms with Crippen LogP contribution in [0.25, 0.3) is 0 Å². The van der Waals surface area contributed by atoms with Crippen molar-refractivity contribution in [2.45, 2.75) is 6.92 Å². The van der Waals surface area contributed by atoms with E-state index in [1.807, 2.05) is 6.07 Å². The van der Waals surface area contributed by atoms with Gasteiger partial charge in [-0.05, 0) is 6.07 Å². The van der Waals surface area contributed by atoms with Crippen molar-refractivity contribution < 1.29 is 9.63 Å². The van der Waals surface area contributed by atoms with Crippen molar-refractivity contribution in [1.82, 2.24) is 15.7 Å². The zero-order valence-electron chi connectivity index (χ0n) is 6.50.